The van der Waals surface area contributed by atoms with Gasteiger partial charge in [-0.05, 0) is 25.0 Å². The Bertz CT molecular complexity index is 467. The molecule has 1 fully saturated rings. The van der Waals surface area contributed by atoms with Gasteiger partial charge < -0.3 is 14.9 Å². The van der Waals surface area contributed by atoms with Crippen LogP contribution in [-0.4, -0.2) is 53.5 Å². The van der Waals surface area contributed by atoms with Crippen LogP contribution in [0, 0.1) is 0 Å². The molecule has 2 heterocycles. The second kappa shape index (κ2) is 5.69. The van der Waals surface area contributed by atoms with Gasteiger partial charge >= 0.3 is 5.97 Å². The van der Waals surface area contributed by atoms with Crippen LogP contribution in [0.1, 0.15) is 23.2 Å². The van der Waals surface area contributed by atoms with E-state index in [2.05, 4.69) is 9.88 Å². The van der Waals surface area contributed by atoms with Crippen LogP contribution >= 0.6 is 0 Å². The molecule has 1 aromatic heterocycles. The van der Waals surface area contributed by atoms with Gasteiger partial charge in [0.25, 0.3) is 5.91 Å². The normalized spacial score (nSPS) is 14.5. The Morgan fingerprint density at radius 3 is 2.58 bits per heavy atom. The summed E-state index contributed by atoms with van der Waals surface area (Å²) in [5, 5.41) is 8.65. The van der Waals surface area contributed by atoms with Crippen molar-refractivity contribution in [3.63, 3.8) is 0 Å². The minimum Gasteiger partial charge on any atom is -0.480 e. The number of aliphatic carboxylic acids is 1. The quantitative estimate of drug-likeness (QED) is 0.871. The summed E-state index contributed by atoms with van der Waals surface area (Å²) in [6.45, 7) is 1.69. The highest BCUT2D eigenvalue weighted by Gasteiger charge is 2.17. The summed E-state index contributed by atoms with van der Waals surface area (Å²) >= 11 is 0. The number of aromatic nitrogens is 1. The monoisotopic (exact) mass is 263 g/mol. The van der Waals surface area contributed by atoms with Crippen molar-refractivity contribution in [2.24, 2.45) is 0 Å². The largest absolute Gasteiger partial charge is 0.480 e. The SMILES string of the molecule is CN(CC(=O)O)C(=O)c1ccc(N2CCCC2)nc1. The zero-order chi connectivity index (χ0) is 13.8. The number of nitrogens with zero attached hydrogens (tertiary/aromatic N) is 3. The standard InChI is InChI=1S/C13H17N3O3/c1-15(9-12(17)18)13(19)10-4-5-11(14-8-10)16-6-2-3-7-16/h4-5,8H,2-3,6-7,9H2,1H3,(H,17,18). The molecule has 1 aliphatic rings. The molecule has 102 valence electrons. The summed E-state index contributed by atoms with van der Waals surface area (Å²) in [6.07, 6.45) is 3.85. The summed E-state index contributed by atoms with van der Waals surface area (Å²) in [7, 11) is 1.46. The maximum absolute atomic E-state index is 11.9. The average molecular weight is 263 g/mol. The molecule has 0 atom stereocenters. The number of pyridine rings is 1. The Morgan fingerprint density at radius 2 is 2.05 bits per heavy atom. The van der Waals surface area contributed by atoms with Crippen LogP contribution in [0.5, 0.6) is 0 Å². The van der Waals surface area contributed by atoms with E-state index in [1.165, 1.54) is 26.1 Å². The van der Waals surface area contributed by atoms with Gasteiger partial charge in [0.2, 0.25) is 0 Å². The predicted molar refractivity (Wildman–Crippen MR) is 70.3 cm³/mol. The topological polar surface area (TPSA) is 73.7 Å². The molecule has 0 aliphatic carbocycles. The Morgan fingerprint density at radius 1 is 1.37 bits per heavy atom. The Kier molecular flexibility index (Phi) is 3.99. The zero-order valence-corrected chi connectivity index (χ0v) is 10.9. The number of likely N-dealkylation sites (N-methyl/N-ethyl adjacent to an activating group) is 1. The third-order valence-electron chi connectivity index (χ3n) is 3.14. The van der Waals surface area contributed by atoms with E-state index in [0.717, 1.165) is 23.8 Å². The van der Waals surface area contributed by atoms with Crippen molar-refractivity contribution in [1.29, 1.82) is 0 Å². The molecule has 0 bridgehead atoms. The second-order valence-corrected chi connectivity index (χ2v) is 4.65. The first-order chi connectivity index (χ1) is 9.08. The highest BCUT2D eigenvalue weighted by atomic mass is 16.4. The maximum Gasteiger partial charge on any atom is 0.323 e. The number of carbonyl (C=O) groups excluding carboxylic acids is 1. The lowest BCUT2D eigenvalue weighted by molar-refractivity contribution is -0.137. The van der Waals surface area contributed by atoms with Crippen LogP contribution in [0.4, 0.5) is 5.82 Å². The number of carbonyl (C=O) groups is 2. The number of hydrogen-bond donors (Lipinski definition) is 1. The maximum atomic E-state index is 11.9. The molecular weight excluding hydrogens is 246 g/mol. The van der Waals surface area contributed by atoms with E-state index in [1.54, 1.807) is 6.07 Å². The molecule has 1 saturated heterocycles. The predicted octanol–water partition coefficient (Wildman–Crippen LogP) is 0.838. The van der Waals surface area contributed by atoms with E-state index in [1.807, 2.05) is 6.07 Å². The van der Waals surface area contributed by atoms with Gasteiger partial charge in [-0.1, -0.05) is 0 Å². The fourth-order valence-electron chi connectivity index (χ4n) is 2.14. The summed E-state index contributed by atoms with van der Waals surface area (Å²) in [4.78, 5) is 30.1. The minimum absolute atomic E-state index is 0.313. The van der Waals surface area contributed by atoms with Crippen LogP contribution in [0.3, 0.4) is 0 Å². The number of amides is 1. The molecule has 2 rings (SSSR count). The summed E-state index contributed by atoms with van der Waals surface area (Å²) in [5.41, 5.74) is 0.409. The van der Waals surface area contributed by atoms with Gasteiger partial charge in [0.15, 0.2) is 0 Å². The third-order valence-corrected chi connectivity index (χ3v) is 3.14. The number of carboxylic acids is 1. The molecule has 6 heteroatoms. The van der Waals surface area contributed by atoms with E-state index < -0.39 is 5.97 Å². The van der Waals surface area contributed by atoms with Gasteiger partial charge in [0, 0.05) is 26.3 Å². The van der Waals surface area contributed by atoms with Crippen molar-refractivity contribution < 1.29 is 14.7 Å². The molecule has 1 aliphatic heterocycles. The molecular formula is C13H17N3O3. The van der Waals surface area contributed by atoms with Crippen molar-refractivity contribution in [1.82, 2.24) is 9.88 Å². The fraction of sp³-hybridized carbons (Fsp3) is 0.462. The van der Waals surface area contributed by atoms with Crippen molar-refractivity contribution in [3.8, 4) is 0 Å². The van der Waals surface area contributed by atoms with Crippen LogP contribution in [0.25, 0.3) is 0 Å². The molecule has 0 aromatic carbocycles. The third kappa shape index (κ3) is 3.21. The molecule has 0 unspecified atom stereocenters. The van der Waals surface area contributed by atoms with E-state index >= 15 is 0 Å². The lowest BCUT2D eigenvalue weighted by atomic mass is 10.2. The molecule has 1 amide bonds. The van der Waals surface area contributed by atoms with Crippen LogP contribution < -0.4 is 4.90 Å². The Balaban J connectivity index is 2.05. The van der Waals surface area contributed by atoms with Crippen LogP contribution in [0.2, 0.25) is 0 Å². The first kappa shape index (κ1) is 13.3. The average Bonchev–Trinajstić information content (AvgIpc) is 2.91. The first-order valence-corrected chi connectivity index (χ1v) is 6.26. The van der Waals surface area contributed by atoms with Crippen LogP contribution in [-0.2, 0) is 4.79 Å². The summed E-state index contributed by atoms with van der Waals surface area (Å²) in [5.74, 6) is -0.490. The molecule has 6 nitrogen and oxygen atoms in total. The molecule has 19 heavy (non-hydrogen) atoms. The van der Waals surface area contributed by atoms with E-state index in [9.17, 15) is 9.59 Å². The molecule has 1 N–H and O–H groups in total. The number of hydrogen-bond acceptors (Lipinski definition) is 4. The molecule has 1 aromatic rings. The molecule has 0 saturated carbocycles. The van der Waals surface area contributed by atoms with Gasteiger partial charge in [0.05, 0.1) is 5.56 Å². The molecule has 0 radical (unpaired) electrons. The van der Waals surface area contributed by atoms with Gasteiger partial charge in [0.1, 0.15) is 12.4 Å². The van der Waals surface area contributed by atoms with Gasteiger partial charge in [-0.15, -0.1) is 0 Å². The second-order valence-electron chi connectivity index (χ2n) is 4.65. The lowest BCUT2D eigenvalue weighted by Gasteiger charge is -2.17. The Labute approximate surface area is 111 Å². The lowest BCUT2D eigenvalue weighted by Crippen LogP contribution is -2.32. The van der Waals surface area contributed by atoms with Crippen molar-refractivity contribution in [2.45, 2.75) is 12.8 Å². The highest BCUT2D eigenvalue weighted by Crippen LogP contribution is 2.17. The number of carboxylic acid groups (broad SMARTS) is 1. The Hall–Kier alpha value is -2.11. The van der Waals surface area contributed by atoms with E-state index in [0.29, 0.717) is 5.56 Å². The first-order valence-electron chi connectivity index (χ1n) is 6.26. The summed E-state index contributed by atoms with van der Waals surface area (Å²) in [6, 6.07) is 3.51. The minimum atomic E-state index is -1.03. The fourth-order valence-corrected chi connectivity index (χ4v) is 2.14. The van der Waals surface area contributed by atoms with Crippen LogP contribution in [0.15, 0.2) is 18.3 Å². The number of rotatable bonds is 4. The summed E-state index contributed by atoms with van der Waals surface area (Å²) < 4.78 is 0. The zero-order valence-electron chi connectivity index (χ0n) is 10.9. The van der Waals surface area contributed by atoms with Crippen molar-refractivity contribution in [3.05, 3.63) is 23.9 Å². The van der Waals surface area contributed by atoms with E-state index in [4.69, 9.17) is 5.11 Å². The van der Waals surface area contributed by atoms with Gasteiger partial charge in [-0.3, -0.25) is 9.59 Å². The molecule has 0 spiro atoms. The van der Waals surface area contributed by atoms with E-state index in [-0.39, 0.29) is 12.5 Å². The number of anilines is 1. The van der Waals surface area contributed by atoms with Crippen molar-refractivity contribution in [2.75, 3.05) is 31.6 Å². The van der Waals surface area contributed by atoms with Gasteiger partial charge in [-0.25, -0.2) is 4.98 Å². The van der Waals surface area contributed by atoms with Gasteiger partial charge in [-0.2, -0.15) is 0 Å². The smallest absolute Gasteiger partial charge is 0.323 e. The van der Waals surface area contributed by atoms with Crippen molar-refractivity contribution >= 4 is 17.7 Å². The highest BCUT2D eigenvalue weighted by molar-refractivity contribution is 5.95.